The molecule has 0 bridgehead atoms. The Labute approximate surface area is 294 Å². The van der Waals surface area contributed by atoms with Crippen LogP contribution in [0.15, 0.2) is 181 Å². The van der Waals surface area contributed by atoms with Gasteiger partial charge in [-0.1, -0.05) is 140 Å². The Bertz CT molecular complexity index is 2720. The van der Waals surface area contributed by atoms with Gasteiger partial charge in [-0.05, 0) is 64.2 Å². The standard InChI is InChI=1S/C46H31N3S/c1-4-15-30(16-5-1)35-24-13-26-38-41(35)42-36(25-14-27-39(42)49(38)34-21-8-3-9-22-34)32-19-12-20-33(29-32)43-45-44(37-23-10-11-28-40(37)50-45)48-46(47-43)31-17-6-2-7-18-31/h1-29,43H,(H,47,48). The Morgan fingerprint density at radius 1 is 0.520 bits per heavy atom. The van der Waals surface area contributed by atoms with Gasteiger partial charge in [0.05, 0.1) is 27.6 Å². The first-order chi connectivity index (χ1) is 24.8. The van der Waals surface area contributed by atoms with Crippen molar-refractivity contribution in [2.24, 2.45) is 4.99 Å². The van der Waals surface area contributed by atoms with Gasteiger partial charge in [0.2, 0.25) is 0 Å². The van der Waals surface area contributed by atoms with E-state index in [1.165, 1.54) is 64.6 Å². The van der Waals surface area contributed by atoms with E-state index in [1.807, 2.05) is 11.3 Å². The number of nitrogens with one attached hydrogen (secondary N) is 1. The molecule has 1 aliphatic rings. The number of aliphatic imine (C=N–C) groups is 1. The van der Waals surface area contributed by atoms with E-state index in [-0.39, 0.29) is 6.04 Å². The molecular formula is C46H31N3S. The van der Waals surface area contributed by atoms with E-state index in [2.05, 4.69) is 186 Å². The van der Waals surface area contributed by atoms with E-state index >= 15 is 0 Å². The number of thiophene rings is 1. The summed E-state index contributed by atoms with van der Waals surface area (Å²) in [5, 5.41) is 7.59. The zero-order chi connectivity index (χ0) is 33.0. The lowest BCUT2D eigenvalue weighted by Crippen LogP contribution is -2.32. The van der Waals surface area contributed by atoms with Crippen LogP contribution in [0.2, 0.25) is 0 Å². The smallest absolute Gasteiger partial charge is 0.134 e. The van der Waals surface area contributed by atoms with Gasteiger partial charge in [0.1, 0.15) is 5.84 Å². The fraction of sp³-hybridized carbons (Fsp3) is 0.0217. The van der Waals surface area contributed by atoms with E-state index in [0.717, 1.165) is 22.8 Å². The van der Waals surface area contributed by atoms with Gasteiger partial charge in [-0.15, -0.1) is 11.3 Å². The Morgan fingerprint density at radius 3 is 1.82 bits per heavy atom. The maximum atomic E-state index is 5.22. The van der Waals surface area contributed by atoms with Crippen LogP contribution < -0.4 is 5.32 Å². The van der Waals surface area contributed by atoms with E-state index in [1.54, 1.807) is 0 Å². The monoisotopic (exact) mass is 657 g/mol. The van der Waals surface area contributed by atoms with Crippen LogP contribution in [0.3, 0.4) is 0 Å². The lowest BCUT2D eigenvalue weighted by atomic mass is 9.92. The molecule has 1 unspecified atom stereocenters. The zero-order valence-electron chi connectivity index (χ0n) is 27.1. The van der Waals surface area contributed by atoms with Crippen molar-refractivity contribution < 1.29 is 0 Å². The molecule has 1 N–H and O–H groups in total. The minimum Gasteiger partial charge on any atom is -0.358 e. The van der Waals surface area contributed by atoms with Crippen molar-refractivity contribution >= 4 is 54.8 Å². The predicted octanol–water partition coefficient (Wildman–Crippen LogP) is 12.1. The first-order valence-electron chi connectivity index (χ1n) is 17.0. The predicted molar refractivity (Wildman–Crippen MR) is 211 cm³/mol. The van der Waals surface area contributed by atoms with E-state index < -0.39 is 0 Å². The molecule has 0 aliphatic carbocycles. The summed E-state index contributed by atoms with van der Waals surface area (Å²) in [6.45, 7) is 0. The molecule has 3 nitrogen and oxygen atoms in total. The summed E-state index contributed by atoms with van der Waals surface area (Å²) in [6, 6.07) is 63.1. The van der Waals surface area contributed by atoms with Crippen LogP contribution in [0, 0.1) is 0 Å². The molecule has 0 saturated heterocycles. The molecule has 50 heavy (non-hydrogen) atoms. The molecule has 0 amide bonds. The Kier molecular flexibility index (Phi) is 6.74. The summed E-state index contributed by atoms with van der Waals surface area (Å²) in [5.74, 6) is 0.901. The van der Waals surface area contributed by atoms with Crippen molar-refractivity contribution in [1.29, 1.82) is 0 Å². The number of fused-ring (bicyclic) bond motifs is 6. The normalized spacial score (nSPS) is 14.1. The summed E-state index contributed by atoms with van der Waals surface area (Å²) >= 11 is 1.83. The molecule has 3 heterocycles. The van der Waals surface area contributed by atoms with Gasteiger partial charge in [-0.3, -0.25) is 0 Å². The molecule has 10 rings (SSSR count). The summed E-state index contributed by atoms with van der Waals surface area (Å²) in [6.07, 6.45) is 0. The highest BCUT2D eigenvalue weighted by atomic mass is 32.1. The fourth-order valence-corrected chi connectivity index (χ4v) is 8.86. The Morgan fingerprint density at radius 2 is 1.10 bits per heavy atom. The quantitative estimate of drug-likeness (QED) is 0.196. The first kappa shape index (κ1) is 28.8. The third kappa shape index (κ3) is 4.61. The molecular weight excluding hydrogens is 627 g/mol. The third-order valence-electron chi connectivity index (χ3n) is 9.86. The van der Waals surface area contributed by atoms with Gasteiger partial charge in [0.15, 0.2) is 0 Å². The van der Waals surface area contributed by atoms with E-state index in [9.17, 15) is 0 Å². The zero-order valence-corrected chi connectivity index (χ0v) is 27.9. The molecule has 0 radical (unpaired) electrons. The topological polar surface area (TPSA) is 29.3 Å². The van der Waals surface area contributed by atoms with Crippen molar-refractivity contribution in [3.63, 3.8) is 0 Å². The third-order valence-corrected chi connectivity index (χ3v) is 11.1. The number of para-hydroxylation sites is 1. The average Bonchev–Trinajstić information content (AvgIpc) is 3.75. The maximum absolute atomic E-state index is 5.22. The van der Waals surface area contributed by atoms with Crippen molar-refractivity contribution in [2.75, 3.05) is 0 Å². The second kappa shape index (κ2) is 11.7. The number of hydrogen-bond acceptors (Lipinski definition) is 3. The molecule has 236 valence electrons. The number of hydrogen-bond donors (Lipinski definition) is 1. The molecule has 1 atom stereocenters. The van der Waals surface area contributed by atoms with Crippen molar-refractivity contribution in [3.05, 3.63) is 192 Å². The van der Waals surface area contributed by atoms with E-state index in [0.29, 0.717) is 0 Å². The molecule has 1 aliphatic heterocycles. The highest BCUT2D eigenvalue weighted by molar-refractivity contribution is 7.19. The van der Waals surface area contributed by atoms with Gasteiger partial charge in [0.25, 0.3) is 0 Å². The summed E-state index contributed by atoms with van der Waals surface area (Å²) in [4.78, 5) is 6.46. The molecule has 7 aromatic carbocycles. The van der Waals surface area contributed by atoms with E-state index in [4.69, 9.17) is 4.99 Å². The van der Waals surface area contributed by atoms with Gasteiger partial charge >= 0.3 is 0 Å². The molecule has 0 saturated carbocycles. The highest BCUT2D eigenvalue weighted by Gasteiger charge is 2.29. The maximum Gasteiger partial charge on any atom is 0.134 e. The minimum absolute atomic E-state index is 0.0419. The Balaban J connectivity index is 1.20. The van der Waals surface area contributed by atoms with Crippen molar-refractivity contribution in [3.8, 4) is 27.9 Å². The lowest BCUT2D eigenvalue weighted by molar-refractivity contribution is 0.766. The van der Waals surface area contributed by atoms with Crippen LogP contribution in [0.4, 0.5) is 5.69 Å². The fourth-order valence-electron chi connectivity index (χ4n) is 7.63. The highest BCUT2D eigenvalue weighted by Crippen LogP contribution is 2.47. The van der Waals surface area contributed by atoms with Crippen LogP contribution in [0.5, 0.6) is 0 Å². The molecule has 2 aromatic heterocycles. The molecule has 0 fully saturated rings. The van der Waals surface area contributed by atoms with Crippen LogP contribution in [-0.4, -0.2) is 10.4 Å². The van der Waals surface area contributed by atoms with Gasteiger partial charge in [-0.25, -0.2) is 4.99 Å². The number of aromatic nitrogens is 1. The summed E-state index contributed by atoms with van der Waals surface area (Å²) in [7, 11) is 0. The van der Waals surface area contributed by atoms with Gasteiger partial charge in [-0.2, -0.15) is 0 Å². The largest absolute Gasteiger partial charge is 0.358 e. The minimum atomic E-state index is -0.0419. The first-order valence-corrected chi connectivity index (χ1v) is 17.8. The number of nitrogens with zero attached hydrogens (tertiary/aromatic N) is 2. The van der Waals surface area contributed by atoms with Gasteiger partial charge < -0.3 is 9.88 Å². The average molecular weight is 658 g/mol. The van der Waals surface area contributed by atoms with Gasteiger partial charge in [0, 0.05) is 32.1 Å². The second-order valence-corrected chi connectivity index (χ2v) is 13.9. The van der Waals surface area contributed by atoms with Crippen molar-refractivity contribution in [1.82, 2.24) is 9.88 Å². The Hall–Kier alpha value is -6.23. The SMILES string of the molecule is c1ccc(C2=Nc3c(sc4ccccc34)C(c3cccc(-c4cccc5c4c4c(-c6ccccc6)cccc4n5-c4ccccc4)c3)N2)cc1. The number of rotatable bonds is 5. The summed E-state index contributed by atoms with van der Waals surface area (Å²) in [5.41, 5.74) is 11.8. The lowest BCUT2D eigenvalue weighted by Gasteiger charge is -2.26. The number of amidine groups is 1. The van der Waals surface area contributed by atoms with Crippen LogP contribution in [0.1, 0.15) is 22.0 Å². The molecule has 9 aromatic rings. The molecule has 0 spiro atoms. The molecule has 4 heteroatoms. The van der Waals surface area contributed by atoms with Crippen LogP contribution in [0.25, 0.3) is 59.8 Å². The van der Waals surface area contributed by atoms with Crippen molar-refractivity contribution in [2.45, 2.75) is 6.04 Å². The van der Waals surface area contributed by atoms with Crippen LogP contribution in [-0.2, 0) is 0 Å². The second-order valence-electron chi connectivity index (χ2n) is 12.8. The summed E-state index contributed by atoms with van der Waals surface area (Å²) < 4.78 is 3.67. The van der Waals surface area contributed by atoms with Crippen LogP contribution >= 0.6 is 11.3 Å². The number of benzene rings is 7.